The molecule has 1 saturated carbocycles. The molecule has 1 aliphatic carbocycles. The second kappa shape index (κ2) is 4.19. The van der Waals surface area contributed by atoms with Crippen molar-refractivity contribution in [2.45, 2.75) is 77.1 Å². The van der Waals surface area contributed by atoms with Crippen LogP contribution in [0.3, 0.4) is 0 Å². The number of hydrogen-bond acceptors (Lipinski definition) is 4. The highest BCUT2D eigenvalue weighted by Crippen LogP contribution is 2.58. The Kier molecular flexibility index (Phi) is 3.26. The van der Waals surface area contributed by atoms with E-state index in [4.69, 9.17) is 15.2 Å². The number of carbonyl (C=O) groups is 1. The van der Waals surface area contributed by atoms with Gasteiger partial charge in [-0.1, -0.05) is 0 Å². The molecule has 3 fully saturated rings. The number of nitrogens with two attached hydrogens (primary N) is 1. The average Bonchev–Trinajstić information content (AvgIpc) is 2.26. The van der Waals surface area contributed by atoms with Gasteiger partial charge in [-0.2, -0.15) is 0 Å². The first-order valence-corrected chi connectivity index (χ1v) is 7.20. The lowest BCUT2D eigenvalue weighted by Crippen LogP contribution is -2.67. The molecule has 0 unspecified atom stereocenters. The van der Waals surface area contributed by atoms with Gasteiger partial charge in [-0.05, 0) is 60.3 Å². The first-order chi connectivity index (χ1) is 8.56. The standard InChI is InChI=1S/C15H27NO3/c1-12(2,3)18-11(17)15-8-6-14(10-16,7-9-15)19-13(15,4)5/h6-10,16H2,1-5H3. The van der Waals surface area contributed by atoms with Crippen LogP contribution < -0.4 is 5.73 Å². The fourth-order valence-electron chi connectivity index (χ4n) is 3.55. The number of esters is 1. The lowest BCUT2D eigenvalue weighted by Gasteiger charge is -2.60. The quantitative estimate of drug-likeness (QED) is 0.782. The Morgan fingerprint density at radius 3 is 2.11 bits per heavy atom. The van der Waals surface area contributed by atoms with Crippen LogP contribution in [-0.4, -0.2) is 29.3 Å². The lowest BCUT2D eigenvalue weighted by atomic mass is 9.57. The number of carbonyl (C=O) groups excluding carboxylic acids is 1. The fourth-order valence-corrected chi connectivity index (χ4v) is 3.55. The Bertz CT molecular complexity index is 373. The summed E-state index contributed by atoms with van der Waals surface area (Å²) in [6.07, 6.45) is 3.33. The smallest absolute Gasteiger partial charge is 0.315 e. The van der Waals surface area contributed by atoms with Crippen LogP contribution >= 0.6 is 0 Å². The third-order valence-electron chi connectivity index (χ3n) is 4.80. The molecule has 2 bridgehead atoms. The molecule has 4 heteroatoms. The Labute approximate surface area is 116 Å². The SMILES string of the molecule is CC(C)(C)OC(=O)C12CCC(CN)(CC1)OC2(C)C. The molecular formula is C15H27NO3. The predicted molar refractivity (Wildman–Crippen MR) is 73.7 cm³/mol. The van der Waals surface area contributed by atoms with Crippen LogP contribution in [0.5, 0.6) is 0 Å². The van der Waals surface area contributed by atoms with Crippen LogP contribution in [0.15, 0.2) is 0 Å². The van der Waals surface area contributed by atoms with Crippen molar-refractivity contribution in [2.24, 2.45) is 11.1 Å². The van der Waals surface area contributed by atoms with E-state index in [0.29, 0.717) is 6.54 Å². The van der Waals surface area contributed by atoms with E-state index in [1.165, 1.54) is 0 Å². The molecule has 0 atom stereocenters. The highest BCUT2D eigenvalue weighted by Gasteiger charge is 2.64. The van der Waals surface area contributed by atoms with Crippen LogP contribution in [0.4, 0.5) is 0 Å². The zero-order chi connectivity index (χ0) is 14.5. The molecular weight excluding hydrogens is 242 g/mol. The van der Waals surface area contributed by atoms with Gasteiger partial charge >= 0.3 is 5.97 Å². The molecule has 2 N–H and O–H groups in total. The van der Waals surface area contributed by atoms with Crippen molar-refractivity contribution < 1.29 is 14.3 Å². The molecule has 0 radical (unpaired) electrons. The van der Waals surface area contributed by atoms with Crippen molar-refractivity contribution in [1.29, 1.82) is 0 Å². The monoisotopic (exact) mass is 269 g/mol. The Morgan fingerprint density at radius 2 is 1.74 bits per heavy atom. The Balaban J connectivity index is 2.27. The fraction of sp³-hybridized carbons (Fsp3) is 0.933. The zero-order valence-corrected chi connectivity index (χ0v) is 12.8. The number of hydrogen-bond donors (Lipinski definition) is 1. The summed E-state index contributed by atoms with van der Waals surface area (Å²) in [5.41, 5.74) is 4.16. The molecule has 2 aliphatic heterocycles. The third kappa shape index (κ3) is 2.29. The summed E-state index contributed by atoms with van der Waals surface area (Å²) in [7, 11) is 0. The molecule has 19 heavy (non-hydrogen) atoms. The lowest BCUT2D eigenvalue weighted by molar-refractivity contribution is -0.277. The van der Waals surface area contributed by atoms with Crippen molar-refractivity contribution in [1.82, 2.24) is 0 Å². The zero-order valence-electron chi connectivity index (χ0n) is 12.8. The van der Waals surface area contributed by atoms with Gasteiger partial charge in [0.15, 0.2) is 0 Å². The largest absolute Gasteiger partial charge is 0.459 e. The van der Waals surface area contributed by atoms with E-state index in [2.05, 4.69) is 0 Å². The number of ether oxygens (including phenoxy) is 2. The van der Waals surface area contributed by atoms with Crippen molar-refractivity contribution in [2.75, 3.05) is 6.54 Å². The minimum absolute atomic E-state index is 0.115. The molecule has 3 rings (SSSR count). The number of rotatable bonds is 2. The van der Waals surface area contributed by atoms with E-state index in [-0.39, 0.29) is 11.6 Å². The molecule has 0 aromatic heterocycles. The molecule has 3 aliphatic rings. The van der Waals surface area contributed by atoms with E-state index >= 15 is 0 Å². The Morgan fingerprint density at radius 1 is 1.21 bits per heavy atom. The second-order valence-electron chi connectivity index (χ2n) is 7.58. The maximum Gasteiger partial charge on any atom is 0.315 e. The summed E-state index contributed by atoms with van der Waals surface area (Å²) in [5.74, 6) is -0.115. The summed E-state index contributed by atoms with van der Waals surface area (Å²) in [5, 5.41) is 0. The van der Waals surface area contributed by atoms with Gasteiger partial charge in [0, 0.05) is 6.54 Å². The Hall–Kier alpha value is -0.610. The van der Waals surface area contributed by atoms with Crippen LogP contribution in [0.1, 0.15) is 60.3 Å². The topological polar surface area (TPSA) is 61.5 Å². The molecule has 110 valence electrons. The van der Waals surface area contributed by atoms with E-state index in [1.807, 2.05) is 34.6 Å². The molecule has 0 aromatic carbocycles. The molecule has 4 nitrogen and oxygen atoms in total. The van der Waals surface area contributed by atoms with Crippen LogP contribution in [-0.2, 0) is 14.3 Å². The first kappa shape index (κ1) is 14.8. The van der Waals surface area contributed by atoms with Crippen LogP contribution in [0.25, 0.3) is 0 Å². The van der Waals surface area contributed by atoms with Crippen LogP contribution in [0, 0.1) is 5.41 Å². The molecule has 0 amide bonds. The predicted octanol–water partition coefficient (Wildman–Crippen LogP) is 2.39. The van der Waals surface area contributed by atoms with E-state index in [9.17, 15) is 4.79 Å². The molecule has 2 heterocycles. The normalized spacial score (nSPS) is 37.2. The third-order valence-corrected chi connectivity index (χ3v) is 4.80. The van der Waals surface area contributed by atoms with Crippen LogP contribution in [0.2, 0.25) is 0 Å². The molecule has 0 aromatic rings. The van der Waals surface area contributed by atoms with Gasteiger partial charge in [0.2, 0.25) is 0 Å². The van der Waals surface area contributed by atoms with Crippen molar-refractivity contribution in [3.63, 3.8) is 0 Å². The maximum absolute atomic E-state index is 12.7. The highest BCUT2D eigenvalue weighted by molar-refractivity contribution is 5.79. The van der Waals surface area contributed by atoms with Crippen molar-refractivity contribution in [3.8, 4) is 0 Å². The number of fused-ring (bicyclic) bond motifs is 3. The van der Waals surface area contributed by atoms with Gasteiger partial charge in [0.05, 0.1) is 16.6 Å². The van der Waals surface area contributed by atoms with Gasteiger partial charge in [-0.25, -0.2) is 0 Å². The van der Waals surface area contributed by atoms with E-state index in [0.717, 1.165) is 25.7 Å². The van der Waals surface area contributed by atoms with Gasteiger partial charge in [-0.3, -0.25) is 4.79 Å². The van der Waals surface area contributed by atoms with E-state index in [1.54, 1.807) is 0 Å². The maximum atomic E-state index is 12.7. The minimum Gasteiger partial charge on any atom is -0.459 e. The summed E-state index contributed by atoms with van der Waals surface area (Å²) < 4.78 is 11.9. The van der Waals surface area contributed by atoms with E-state index < -0.39 is 16.6 Å². The summed E-state index contributed by atoms with van der Waals surface area (Å²) in [4.78, 5) is 12.7. The summed E-state index contributed by atoms with van der Waals surface area (Å²) in [6, 6.07) is 0. The second-order valence-corrected chi connectivity index (χ2v) is 7.58. The first-order valence-electron chi connectivity index (χ1n) is 7.20. The van der Waals surface area contributed by atoms with Crippen molar-refractivity contribution >= 4 is 5.97 Å². The van der Waals surface area contributed by atoms with Gasteiger partial charge in [-0.15, -0.1) is 0 Å². The summed E-state index contributed by atoms with van der Waals surface area (Å²) in [6.45, 7) is 10.3. The van der Waals surface area contributed by atoms with Gasteiger partial charge in [0.1, 0.15) is 5.60 Å². The van der Waals surface area contributed by atoms with Crippen molar-refractivity contribution in [3.05, 3.63) is 0 Å². The molecule has 0 spiro atoms. The minimum atomic E-state index is -0.517. The average molecular weight is 269 g/mol. The van der Waals surface area contributed by atoms with Gasteiger partial charge in [0.25, 0.3) is 0 Å². The molecule has 2 saturated heterocycles. The highest BCUT2D eigenvalue weighted by atomic mass is 16.6. The summed E-state index contributed by atoms with van der Waals surface area (Å²) >= 11 is 0. The van der Waals surface area contributed by atoms with Gasteiger partial charge < -0.3 is 15.2 Å².